The van der Waals surface area contributed by atoms with Crippen LogP contribution in [0.3, 0.4) is 0 Å². The summed E-state index contributed by atoms with van der Waals surface area (Å²) >= 11 is 0. The first-order valence-electron chi connectivity index (χ1n) is 7.67. The molecule has 8 nitrogen and oxygen atoms in total. The molecule has 0 spiro atoms. The highest BCUT2D eigenvalue weighted by Crippen LogP contribution is 2.39. The zero-order chi connectivity index (χ0) is 16.6. The number of phosphoric acid groups is 1. The van der Waals surface area contributed by atoms with Gasteiger partial charge in [-0.05, 0) is 32.7 Å². The number of nitrogens with two attached hydrogens (primary N) is 1. The summed E-state index contributed by atoms with van der Waals surface area (Å²) in [6.07, 6.45) is 2.50. The van der Waals surface area contributed by atoms with Gasteiger partial charge in [-0.2, -0.15) is 0 Å². The highest BCUT2D eigenvalue weighted by Gasteiger charge is 2.34. The van der Waals surface area contributed by atoms with Gasteiger partial charge in [0, 0.05) is 13.0 Å². The third kappa shape index (κ3) is 6.73. The van der Waals surface area contributed by atoms with Gasteiger partial charge in [-0.15, -0.1) is 0 Å². The summed E-state index contributed by atoms with van der Waals surface area (Å²) in [5.41, 5.74) is 5.40. The van der Waals surface area contributed by atoms with Crippen LogP contribution in [0.4, 0.5) is 0 Å². The van der Waals surface area contributed by atoms with E-state index >= 15 is 0 Å². The predicted octanol–water partition coefficient (Wildman–Crippen LogP) is -0.0112. The van der Waals surface area contributed by atoms with Gasteiger partial charge in [0.2, 0.25) is 5.91 Å². The van der Waals surface area contributed by atoms with Crippen LogP contribution in [-0.2, 0) is 18.4 Å². The molecule has 1 aliphatic heterocycles. The number of hydrogen-bond acceptors (Lipinski definition) is 7. The summed E-state index contributed by atoms with van der Waals surface area (Å²) in [7, 11) is -4.34. The maximum absolute atomic E-state index is 12.2. The number of amides is 1. The Labute approximate surface area is 131 Å². The number of likely N-dealkylation sites (tertiary alicyclic amines) is 1. The molecule has 0 aromatic carbocycles. The molecule has 0 aromatic heterocycles. The number of nitrogens with zero attached hydrogens (tertiary/aromatic N) is 1. The second-order valence-electron chi connectivity index (χ2n) is 5.35. The number of β-amino-alcohol motifs (C(OH)–C–C–N with tert-alkyl or cyclic N) is 1. The topological polar surface area (TPSA) is 125 Å². The van der Waals surface area contributed by atoms with Gasteiger partial charge in [0.25, 0.3) is 7.82 Å². The fraction of sp³-hybridized carbons (Fsp3) is 0.923. The molecule has 1 amide bonds. The fourth-order valence-electron chi connectivity index (χ4n) is 2.47. The number of phosphoric ester groups is 1. The summed E-state index contributed by atoms with van der Waals surface area (Å²) in [6, 6.07) is -0.445. The van der Waals surface area contributed by atoms with E-state index in [0.29, 0.717) is 19.4 Å². The Hall–Kier alpha value is -0.500. The second kappa shape index (κ2) is 9.60. The first kappa shape index (κ1) is 19.5. The van der Waals surface area contributed by atoms with E-state index < -0.39 is 20.0 Å². The molecule has 0 bridgehead atoms. The lowest BCUT2D eigenvalue weighted by Gasteiger charge is -2.28. The Balaban J connectivity index is 2.46. The lowest BCUT2D eigenvalue weighted by atomic mass is 10.1. The maximum Gasteiger partial charge on any atom is 0.267 e. The first-order valence-corrected chi connectivity index (χ1v) is 9.13. The van der Waals surface area contributed by atoms with E-state index in [1.54, 1.807) is 6.92 Å². The lowest BCUT2D eigenvalue weighted by Crippen LogP contribution is -2.38. The molecule has 1 rings (SSSR count). The van der Waals surface area contributed by atoms with E-state index in [9.17, 15) is 19.4 Å². The van der Waals surface area contributed by atoms with Crippen LogP contribution in [0.15, 0.2) is 0 Å². The van der Waals surface area contributed by atoms with Crippen molar-refractivity contribution in [3.8, 4) is 0 Å². The Kier molecular flexibility index (Phi) is 8.53. The van der Waals surface area contributed by atoms with E-state index in [-0.39, 0.29) is 25.7 Å². The van der Waals surface area contributed by atoms with Gasteiger partial charge in [-0.25, -0.2) is 0 Å². The van der Waals surface area contributed by atoms with Crippen LogP contribution in [0.5, 0.6) is 0 Å². The fourth-order valence-corrected chi connectivity index (χ4v) is 3.21. The minimum Gasteiger partial charge on any atom is -0.756 e. The minimum absolute atomic E-state index is 0.00213. The van der Waals surface area contributed by atoms with Gasteiger partial charge in [-0.1, -0.05) is 6.42 Å². The average molecular weight is 337 g/mol. The van der Waals surface area contributed by atoms with E-state index in [2.05, 4.69) is 4.52 Å². The van der Waals surface area contributed by atoms with Crippen LogP contribution in [0.1, 0.15) is 39.0 Å². The van der Waals surface area contributed by atoms with Crippen molar-refractivity contribution in [2.24, 2.45) is 5.73 Å². The molecule has 1 heterocycles. The molecule has 0 aliphatic carbocycles. The molecule has 22 heavy (non-hydrogen) atoms. The first-order chi connectivity index (χ1) is 10.4. The zero-order valence-electron chi connectivity index (χ0n) is 13.0. The Morgan fingerprint density at radius 3 is 2.77 bits per heavy atom. The van der Waals surface area contributed by atoms with E-state index in [1.807, 2.05) is 0 Å². The molecule has 130 valence electrons. The summed E-state index contributed by atoms with van der Waals surface area (Å²) < 4.78 is 20.7. The van der Waals surface area contributed by atoms with Crippen LogP contribution in [0.2, 0.25) is 0 Å². The van der Waals surface area contributed by atoms with Crippen molar-refractivity contribution in [2.45, 2.75) is 51.2 Å². The molecular formula is C13H26N2O6P-. The molecule has 0 saturated carbocycles. The Morgan fingerprint density at radius 1 is 1.41 bits per heavy atom. The highest BCUT2D eigenvalue weighted by atomic mass is 31.2. The van der Waals surface area contributed by atoms with E-state index in [1.165, 1.54) is 4.90 Å². The van der Waals surface area contributed by atoms with Gasteiger partial charge in [0.05, 0.1) is 25.4 Å². The van der Waals surface area contributed by atoms with Gasteiger partial charge in [-0.3, -0.25) is 9.36 Å². The van der Waals surface area contributed by atoms with Gasteiger partial charge in [0.15, 0.2) is 0 Å². The van der Waals surface area contributed by atoms with Crippen LogP contribution >= 0.6 is 7.82 Å². The normalized spacial score (nSPS) is 24.5. The summed E-state index contributed by atoms with van der Waals surface area (Å²) in [5.74, 6) is -0.0979. The number of unbranched alkanes of at least 4 members (excludes halogenated alkanes) is 2. The molecule has 1 unspecified atom stereocenters. The number of aliphatic hydroxyl groups excluding tert-OH is 1. The van der Waals surface area contributed by atoms with Gasteiger partial charge in [0.1, 0.15) is 0 Å². The maximum atomic E-state index is 12.2. The van der Waals surface area contributed by atoms with Crippen LogP contribution in [0.25, 0.3) is 0 Å². The third-order valence-electron chi connectivity index (χ3n) is 3.52. The van der Waals surface area contributed by atoms with E-state index in [0.717, 1.165) is 19.3 Å². The smallest absolute Gasteiger partial charge is 0.267 e. The van der Waals surface area contributed by atoms with Crippen molar-refractivity contribution in [1.29, 1.82) is 0 Å². The average Bonchev–Trinajstić information content (AvgIpc) is 2.82. The Morgan fingerprint density at radius 2 is 2.14 bits per heavy atom. The van der Waals surface area contributed by atoms with Crippen LogP contribution < -0.4 is 10.6 Å². The van der Waals surface area contributed by atoms with Gasteiger partial charge < -0.3 is 29.7 Å². The molecule has 3 atom stereocenters. The lowest BCUT2D eigenvalue weighted by molar-refractivity contribution is -0.226. The SMILES string of the molecule is CCOP(=O)([O-])OC[C@@H]1C[C@@H](O)CN1C(=O)CCCCCN. The number of rotatable bonds is 10. The number of hydrogen-bond donors (Lipinski definition) is 2. The van der Waals surface area contributed by atoms with Crippen molar-refractivity contribution >= 4 is 13.7 Å². The standard InChI is InChI=1S/C13H27N2O6P/c1-2-20-22(18,19)21-10-11-8-12(16)9-15(11)13(17)6-4-3-5-7-14/h11-12,16H,2-10,14H2,1H3,(H,18,19)/p-1/t11-,12+/m0/s1. The minimum atomic E-state index is -4.34. The molecule has 0 aromatic rings. The molecule has 1 saturated heterocycles. The second-order valence-corrected chi connectivity index (χ2v) is 6.76. The zero-order valence-corrected chi connectivity index (χ0v) is 13.9. The van der Waals surface area contributed by atoms with Crippen molar-refractivity contribution in [3.05, 3.63) is 0 Å². The monoisotopic (exact) mass is 337 g/mol. The predicted molar refractivity (Wildman–Crippen MR) is 78.8 cm³/mol. The van der Waals surface area contributed by atoms with Crippen molar-refractivity contribution < 1.29 is 28.4 Å². The van der Waals surface area contributed by atoms with Crippen molar-refractivity contribution in [2.75, 3.05) is 26.3 Å². The Bertz CT molecular complexity index is 395. The molecule has 1 fully saturated rings. The summed E-state index contributed by atoms with van der Waals surface area (Å²) in [5, 5.41) is 9.72. The molecular weight excluding hydrogens is 311 g/mol. The number of carbonyl (C=O) groups is 1. The van der Waals surface area contributed by atoms with E-state index in [4.69, 9.17) is 10.3 Å². The molecule has 3 N–H and O–H groups in total. The van der Waals surface area contributed by atoms with Crippen LogP contribution in [-0.4, -0.2) is 54.4 Å². The number of carbonyl (C=O) groups excluding carboxylic acids is 1. The van der Waals surface area contributed by atoms with Gasteiger partial charge >= 0.3 is 0 Å². The summed E-state index contributed by atoms with van der Waals surface area (Å²) in [4.78, 5) is 25.1. The largest absolute Gasteiger partial charge is 0.756 e. The highest BCUT2D eigenvalue weighted by molar-refractivity contribution is 7.45. The van der Waals surface area contributed by atoms with Crippen molar-refractivity contribution in [3.63, 3.8) is 0 Å². The quantitative estimate of drug-likeness (QED) is 0.424. The number of aliphatic hydroxyl groups is 1. The molecule has 0 radical (unpaired) electrons. The molecule has 1 aliphatic rings. The molecule has 9 heteroatoms. The third-order valence-corrected chi connectivity index (χ3v) is 4.56. The van der Waals surface area contributed by atoms with Crippen LogP contribution in [0, 0.1) is 0 Å². The van der Waals surface area contributed by atoms with Crippen molar-refractivity contribution in [1.82, 2.24) is 4.90 Å². The summed E-state index contributed by atoms with van der Waals surface area (Å²) in [6.45, 7) is 2.17.